The van der Waals surface area contributed by atoms with E-state index in [1.165, 1.54) is 16.6 Å². The molecule has 1 unspecified atom stereocenters. The zero-order valence-electron chi connectivity index (χ0n) is 18.3. The maximum atomic E-state index is 13.1. The van der Waals surface area contributed by atoms with Crippen molar-refractivity contribution in [1.29, 1.82) is 0 Å². The van der Waals surface area contributed by atoms with Gasteiger partial charge < -0.3 is 14.6 Å². The lowest BCUT2D eigenvalue weighted by molar-refractivity contribution is -0.135. The van der Waals surface area contributed by atoms with Crippen LogP contribution in [0.1, 0.15) is 35.5 Å². The second kappa shape index (κ2) is 9.23. The number of furan rings is 1. The second-order valence-electron chi connectivity index (χ2n) is 8.17. The Morgan fingerprint density at radius 2 is 1.74 bits per heavy atom. The molecule has 1 fully saturated rings. The van der Waals surface area contributed by atoms with Crippen LogP contribution in [0.3, 0.4) is 0 Å². The number of aryl methyl sites for hydroxylation is 2. The third-order valence-electron chi connectivity index (χ3n) is 5.48. The van der Waals surface area contributed by atoms with E-state index in [2.05, 4.69) is 5.32 Å². The van der Waals surface area contributed by atoms with E-state index in [0.717, 1.165) is 5.56 Å². The Labute approximate surface area is 183 Å². The predicted molar refractivity (Wildman–Crippen MR) is 116 cm³/mol. The number of benzene rings is 1. The number of piperazine rings is 1. The summed E-state index contributed by atoms with van der Waals surface area (Å²) in [7, 11) is -3.64. The van der Waals surface area contributed by atoms with Gasteiger partial charge in [-0.15, -0.1) is 0 Å². The van der Waals surface area contributed by atoms with Gasteiger partial charge in [0.15, 0.2) is 5.76 Å². The monoisotopic (exact) mass is 447 g/mol. The zero-order chi connectivity index (χ0) is 22.8. The number of amides is 2. The van der Waals surface area contributed by atoms with E-state index < -0.39 is 22.0 Å². The first-order valence-corrected chi connectivity index (χ1v) is 11.8. The molecule has 0 bridgehead atoms. The Morgan fingerprint density at radius 1 is 1.06 bits per heavy atom. The number of carbonyl (C=O) groups excluding carboxylic acids is 2. The Morgan fingerprint density at radius 3 is 2.32 bits per heavy atom. The molecule has 2 heterocycles. The van der Waals surface area contributed by atoms with Gasteiger partial charge in [-0.3, -0.25) is 9.59 Å². The molecule has 0 saturated carbocycles. The lowest BCUT2D eigenvalue weighted by Crippen LogP contribution is -2.57. The van der Waals surface area contributed by atoms with E-state index in [4.69, 9.17) is 4.42 Å². The first kappa shape index (κ1) is 23.0. The van der Waals surface area contributed by atoms with Crippen molar-refractivity contribution in [1.82, 2.24) is 14.5 Å². The molecule has 1 aliphatic rings. The van der Waals surface area contributed by atoms with Crippen molar-refractivity contribution < 1.29 is 22.4 Å². The largest absolute Gasteiger partial charge is 0.459 e. The molecular formula is C22H29N3O5S. The van der Waals surface area contributed by atoms with Gasteiger partial charge in [-0.05, 0) is 49.1 Å². The fourth-order valence-corrected chi connectivity index (χ4v) is 5.34. The standard InChI is InChI=1S/C22H29N3O5S/c1-15(2)20(23-21(26)18-6-5-13-30-18)22(27)24-9-11-25(12-10-24)31(28,29)19-14-16(3)7-8-17(19)4/h5-8,13-15,20H,9-12H2,1-4H3,(H,23,26). The Bertz CT molecular complexity index is 1040. The quantitative estimate of drug-likeness (QED) is 0.732. The minimum Gasteiger partial charge on any atom is -0.459 e. The average molecular weight is 448 g/mol. The van der Waals surface area contributed by atoms with Crippen LogP contribution in [0.4, 0.5) is 0 Å². The summed E-state index contributed by atoms with van der Waals surface area (Å²) in [4.78, 5) is 27.3. The first-order valence-electron chi connectivity index (χ1n) is 10.3. The lowest BCUT2D eigenvalue weighted by atomic mass is 10.0. The summed E-state index contributed by atoms with van der Waals surface area (Å²) >= 11 is 0. The molecule has 31 heavy (non-hydrogen) atoms. The highest BCUT2D eigenvalue weighted by molar-refractivity contribution is 7.89. The molecule has 168 valence electrons. The number of nitrogens with zero attached hydrogens (tertiary/aromatic N) is 2. The number of hydrogen-bond donors (Lipinski definition) is 1. The minimum absolute atomic E-state index is 0.136. The summed E-state index contributed by atoms with van der Waals surface area (Å²) in [5.41, 5.74) is 1.58. The van der Waals surface area contributed by atoms with E-state index in [-0.39, 0.29) is 43.8 Å². The fraction of sp³-hybridized carbons (Fsp3) is 0.455. The number of hydrogen-bond acceptors (Lipinski definition) is 5. The second-order valence-corrected chi connectivity index (χ2v) is 10.1. The van der Waals surface area contributed by atoms with E-state index in [1.807, 2.05) is 26.8 Å². The molecule has 1 aliphatic heterocycles. The third-order valence-corrected chi connectivity index (χ3v) is 7.52. The van der Waals surface area contributed by atoms with Gasteiger partial charge in [-0.2, -0.15) is 4.31 Å². The molecule has 1 aromatic carbocycles. The molecule has 0 spiro atoms. The fourth-order valence-electron chi connectivity index (χ4n) is 3.60. The van der Waals surface area contributed by atoms with Crippen molar-refractivity contribution in [3.05, 3.63) is 53.5 Å². The molecule has 9 heteroatoms. The molecule has 0 radical (unpaired) electrons. The summed E-state index contributed by atoms with van der Waals surface area (Å²) in [6.07, 6.45) is 1.40. The summed E-state index contributed by atoms with van der Waals surface area (Å²) in [6.45, 7) is 8.29. The van der Waals surface area contributed by atoms with Crippen LogP contribution in [0, 0.1) is 19.8 Å². The maximum Gasteiger partial charge on any atom is 0.287 e. The maximum absolute atomic E-state index is 13.1. The molecule has 1 aromatic heterocycles. The van der Waals surface area contributed by atoms with E-state index in [1.54, 1.807) is 30.0 Å². The predicted octanol–water partition coefficient (Wildman–Crippen LogP) is 2.18. The zero-order valence-corrected chi connectivity index (χ0v) is 19.1. The highest BCUT2D eigenvalue weighted by Gasteiger charge is 2.35. The van der Waals surface area contributed by atoms with E-state index >= 15 is 0 Å². The number of carbonyl (C=O) groups is 2. The van der Waals surface area contributed by atoms with Gasteiger partial charge in [0.2, 0.25) is 15.9 Å². The highest BCUT2D eigenvalue weighted by Crippen LogP contribution is 2.23. The normalized spacial score (nSPS) is 16.4. The van der Waals surface area contributed by atoms with Crippen LogP contribution in [0.5, 0.6) is 0 Å². The first-order chi connectivity index (χ1) is 14.6. The van der Waals surface area contributed by atoms with Crippen molar-refractivity contribution in [3.63, 3.8) is 0 Å². The van der Waals surface area contributed by atoms with Gasteiger partial charge >= 0.3 is 0 Å². The molecule has 8 nitrogen and oxygen atoms in total. The molecule has 3 rings (SSSR count). The molecule has 1 atom stereocenters. The van der Waals surface area contributed by atoms with Crippen LogP contribution in [0.2, 0.25) is 0 Å². The summed E-state index contributed by atoms with van der Waals surface area (Å²) in [5, 5.41) is 2.74. The highest BCUT2D eigenvalue weighted by atomic mass is 32.2. The van der Waals surface area contributed by atoms with Gasteiger partial charge in [-0.25, -0.2) is 8.42 Å². The van der Waals surface area contributed by atoms with Crippen molar-refractivity contribution in [3.8, 4) is 0 Å². The average Bonchev–Trinajstić information content (AvgIpc) is 3.28. The Kier molecular flexibility index (Phi) is 6.86. The van der Waals surface area contributed by atoms with Gasteiger partial charge in [0.1, 0.15) is 6.04 Å². The summed E-state index contributed by atoms with van der Waals surface area (Å²) in [6, 6.07) is 7.79. The van der Waals surface area contributed by atoms with Crippen LogP contribution in [0.15, 0.2) is 45.9 Å². The lowest BCUT2D eigenvalue weighted by Gasteiger charge is -2.36. The third kappa shape index (κ3) is 4.99. The van der Waals surface area contributed by atoms with E-state index in [0.29, 0.717) is 10.5 Å². The van der Waals surface area contributed by atoms with Crippen LogP contribution in [0.25, 0.3) is 0 Å². The SMILES string of the molecule is Cc1ccc(C)c(S(=O)(=O)N2CCN(C(=O)C(NC(=O)c3ccco3)C(C)C)CC2)c1. The molecule has 1 saturated heterocycles. The smallest absolute Gasteiger partial charge is 0.287 e. The van der Waals surface area contributed by atoms with E-state index in [9.17, 15) is 18.0 Å². The van der Waals surface area contributed by atoms with Crippen molar-refractivity contribution in [2.45, 2.75) is 38.6 Å². The van der Waals surface area contributed by atoms with Gasteiger partial charge in [-0.1, -0.05) is 26.0 Å². The molecule has 2 amide bonds. The molecular weight excluding hydrogens is 418 g/mol. The van der Waals surface area contributed by atoms with Crippen molar-refractivity contribution >= 4 is 21.8 Å². The number of rotatable bonds is 6. The number of sulfonamides is 1. The molecule has 2 aromatic rings. The van der Waals surface area contributed by atoms with Crippen LogP contribution in [-0.4, -0.2) is 61.7 Å². The summed E-state index contributed by atoms with van der Waals surface area (Å²) in [5.74, 6) is -0.669. The number of nitrogens with one attached hydrogen (secondary N) is 1. The van der Waals surface area contributed by atoms with Gasteiger partial charge in [0, 0.05) is 26.2 Å². The van der Waals surface area contributed by atoms with Gasteiger partial charge in [0.25, 0.3) is 5.91 Å². The van der Waals surface area contributed by atoms with Crippen LogP contribution in [-0.2, 0) is 14.8 Å². The summed E-state index contributed by atoms with van der Waals surface area (Å²) < 4.78 is 32.7. The van der Waals surface area contributed by atoms with Crippen LogP contribution < -0.4 is 5.32 Å². The van der Waals surface area contributed by atoms with Gasteiger partial charge in [0.05, 0.1) is 11.2 Å². The molecule has 0 aliphatic carbocycles. The van der Waals surface area contributed by atoms with Crippen LogP contribution >= 0.6 is 0 Å². The molecule has 1 N–H and O–H groups in total. The van der Waals surface area contributed by atoms with Crippen molar-refractivity contribution in [2.24, 2.45) is 5.92 Å². The Balaban J connectivity index is 1.68. The topological polar surface area (TPSA) is 99.9 Å². The van der Waals surface area contributed by atoms with Crippen molar-refractivity contribution in [2.75, 3.05) is 26.2 Å². The minimum atomic E-state index is -3.64. The Hall–Kier alpha value is -2.65.